The summed E-state index contributed by atoms with van der Waals surface area (Å²) >= 11 is 0. The number of benzene rings is 4. The van der Waals surface area contributed by atoms with Crippen molar-refractivity contribution in [1.29, 1.82) is 0 Å². The van der Waals surface area contributed by atoms with Crippen LogP contribution in [0.1, 0.15) is 0 Å². The van der Waals surface area contributed by atoms with Crippen LogP contribution in [-0.2, 0) is 4.84 Å². The summed E-state index contributed by atoms with van der Waals surface area (Å²) < 4.78 is 0. The SMILES string of the molecule is NOCBNc1ccc2ccc3cccc4ccc1c2c34. The second-order valence-electron chi connectivity index (χ2n) is 5.27. The van der Waals surface area contributed by atoms with E-state index in [1.165, 1.54) is 32.3 Å². The van der Waals surface area contributed by atoms with E-state index < -0.39 is 0 Å². The summed E-state index contributed by atoms with van der Waals surface area (Å²) in [4.78, 5) is 4.63. The molecule has 4 aromatic rings. The average molecular weight is 274 g/mol. The zero-order valence-electron chi connectivity index (χ0n) is 11.6. The zero-order chi connectivity index (χ0) is 14.2. The molecule has 0 saturated heterocycles. The van der Waals surface area contributed by atoms with Crippen LogP contribution in [0.3, 0.4) is 0 Å². The van der Waals surface area contributed by atoms with Crippen LogP contribution in [0.15, 0.2) is 54.6 Å². The second-order valence-corrected chi connectivity index (χ2v) is 5.27. The maximum atomic E-state index is 5.08. The lowest BCUT2D eigenvalue weighted by Crippen LogP contribution is -2.16. The molecular formula is C17H15BN2O. The lowest BCUT2D eigenvalue weighted by Gasteiger charge is -2.14. The molecule has 4 heteroatoms. The molecule has 0 aliphatic carbocycles. The minimum Gasteiger partial charge on any atom is -0.428 e. The van der Waals surface area contributed by atoms with E-state index in [-0.39, 0.29) is 0 Å². The molecule has 0 aliphatic rings. The van der Waals surface area contributed by atoms with Gasteiger partial charge in [0.05, 0.1) is 6.51 Å². The van der Waals surface area contributed by atoms with Crippen LogP contribution in [0.5, 0.6) is 0 Å². The van der Waals surface area contributed by atoms with Gasteiger partial charge < -0.3 is 10.1 Å². The van der Waals surface area contributed by atoms with Gasteiger partial charge in [0.25, 0.3) is 7.41 Å². The average Bonchev–Trinajstić information content (AvgIpc) is 2.54. The minimum absolute atomic E-state index is 0.488. The number of rotatable bonds is 4. The van der Waals surface area contributed by atoms with Crippen molar-refractivity contribution < 1.29 is 4.84 Å². The van der Waals surface area contributed by atoms with Crippen LogP contribution in [0.4, 0.5) is 5.69 Å². The van der Waals surface area contributed by atoms with Gasteiger partial charge in [0, 0.05) is 11.1 Å². The largest absolute Gasteiger partial charge is 0.428 e. The Morgan fingerprint density at radius 1 is 0.857 bits per heavy atom. The summed E-state index contributed by atoms with van der Waals surface area (Å²) in [5.74, 6) is 5.08. The van der Waals surface area contributed by atoms with E-state index in [9.17, 15) is 0 Å². The van der Waals surface area contributed by atoms with Gasteiger partial charge in [0.2, 0.25) is 0 Å². The summed E-state index contributed by atoms with van der Waals surface area (Å²) in [6.07, 6.45) is 0. The van der Waals surface area contributed by atoms with E-state index in [0.29, 0.717) is 13.9 Å². The fraction of sp³-hybridized carbons (Fsp3) is 0.0588. The Bertz CT molecular complexity index is 907. The van der Waals surface area contributed by atoms with Crippen LogP contribution < -0.4 is 11.1 Å². The van der Waals surface area contributed by atoms with Gasteiger partial charge >= 0.3 is 0 Å². The third-order valence-electron chi connectivity index (χ3n) is 4.06. The molecule has 0 amide bonds. The molecule has 0 spiro atoms. The third-order valence-corrected chi connectivity index (χ3v) is 4.06. The van der Waals surface area contributed by atoms with Crippen LogP contribution in [-0.4, -0.2) is 13.9 Å². The number of hydrogen-bond donors (Lipinski definition) is 2. The summed E-state index contributed by atoms with van der Waals surface area (Å²) in [5, 5.41) is 11.1. The molecule has 21 heavy (non-hydrogen) atoms. The fourth-order valence-corrected chi connectivity index (χ4v) is 3.13. The first-order valence-corrected chi connectivity index (χ1v) is 7.10. The first-order chi connectivity index (χ1) is 10.4. The molecule has 3 nitrogen and oxygen atoms in total. The fourth-order valence-electron chi connectivity index (χ4n) is 3.13. The predicted octanol–water partition coefficient (Wildman–Crippen LogP) is 3.20. The smallest absolute Gasteiger partial charge is 0.262 e. The molecule has 0 aliphatic heterocycles. The van der Waals surface area contributed by atoms with Gasteiger partial charge in [-0.05, 0) is 33.0 Å². The first-order valence-electron chi connectivity index (χ1n) is 7.10. The molecule has 0 bridgehead atoms. The van der Waals surface area contributed by atoms with Crippen LogP contribution >= 0.6 is 0 Å². The van der Waals surface area contributed by atoms with E-state index in [2.05, 4.69) is 64.7 Å². The highest BCUT2D eigenvalue weighted by Crippen LogP contribution is 2.37. The van der Waals surface area contributed by atoms with Gasteiger partial charge in [-0.3, -0.25) is 0 Å². The summed E-state index contributed by atoms with van der Waals surface area (Å²) in [6.45, 7) is 0.488. The Morgan fingerprint density at radius 2 is 1.52 bits per heavy atom. The Morgan fingerprint density at radius 3 is 2.29 bits per heavy atom. The minimum atomic E-state index is 0.488. The molecule has 0 radical (unpaired) electrons. The molecule has 4 aromatic carbocycles. The van der Waals surface area contributed by atoms with Gasteiger partial charge in [0.1, 0.15) is 0 Å². The van der Waals surface area contributed by atoms with Gasteiger partial charge in [-0.15, -0.1) is 0 Å². The van der Waals surface area contributed by atoms with Gasteiger partial charge in [-0.1, -0.05) is 48.5 Å². The first kappa shape index (κ1) is 12.4. The van der Waals surface area contributed by atoms with E-state index in [1.54, 1.807) is 0 Å². The van der Waals surface area contributed by atoms with E-state index in [4.69, 9.17) is 5.90 Å². The predicted molar refractivity (Wildman–Crippen MR) is 91.1 cm³/mol. The Hall–Kier alpha value is -2.30. The van der Waals surface area contributed by atoms with Crippen LogP contribution in [0, 0.1) is 0 Å². The standard InChI is InChI=1S/C17H15BN2O/c19-21-10-18-20-15-9-7-13-5-4-11-2-1-3-12-6-8-14(15)17(13)16(11)12/h1-9,18,20H,10,19H2. The number of anilines is 1. The molecule has 0 heterocycles. The highest BCUT2D eigenvalue weighted by molar-refractivity contribution is 6.41. The molecule has 0 unspecified atom stereocenters. The Balaban J connectivity index is 2.01. The second kappa shape index (κ2) is 4.92. The third kappa shape index (κ3) is 1.92. The van der Waals surface area contributed by atoms with Crippen LogP contribution in [0.2, 0.25) is 0 Å². The zero-order valence-corrected chi connectivity index (χ0v) is 11.6. The Kier molecular flexibility index (Phi) is 2.91. The van der Waals surface area contributed by atoms with Crippen molar-refractivity contribution in [2.24, 2.45) is 5.90 Å². The normalized spacial score (nSPS) is 11.5. The van der Waals surface area contributed by atoms with E-state index in [0.717, 1.165) is 5.69 Å². The van der Waals surface area contributed by atoms with Gasteiger partial charge in [0.15, 0.2) is 0 Å². The molecule has 0 fully saturated rings. The van der Waals surface area contributed by atoms with Gasteiger partial charge in [-0.25, -0.2) is 5.90 Å². The quantitative estimate of drug-likeness (QED) is 0.260. The van der Waals surface area contributed by atoms with Crippen molar-refractivity contribution in [3.63, 3.8) is 0 Å². The molecule has 4 rings (SSSR count). The van der Waals surface area contributed by atoms with Crippen molar-refractivity contribution >= 4 is 45.4 Å². The summed E-state index contributed by atoms with van der Waals surface area (Å²) in [6, 6.07) is 19.5. The van der Waals surface area contributed by atoms with Crippen molar-refractivity contribution in [3.8, 4) is 0 Å². The molecule has 0 atom stereocenters. The van der Waals surface area contributed by atoms with Crippen molar-refractivity contribution in [3.05, 3.63) is 54.6 Å². The number of nitrogens with two attached hydrogens (primary N) is 1. The molecule has 3 N–H and O–H groups in total. The highest BCUT2D eigenvalue weighted by atomic mass is 16.6. The maximum absolute atomic E-state index is 5.08. The number of hydrogen-bond acceptors (Lipinski definition) is 3. The molecular weight excluding hydrogens is 259 g/mol. The van der Waals surface area contributed by atoms with E-state index in [1.807, 2.05) is 0 Å². The maximum Gasteiger partial charge on any atom is 0.262 e. The van der Waals surface area contributed by atoms with Crippen molar-refractivity contribution in [2.75, 3.05) is 11.7 Å². The van der Waals surface area contributed by atoms with Gasteiger partial charge in [-0.2, -0.15) is 0 Å². The molecule has 102 valence electrons. The Labute approximate surface area is 123 Å². The van der Waals surface area contributed by atoms with Crippen molar-refractivity contribution in [2.45, 2.75) is 0 Å². The topological polar surface area (TPSA) is 47.3 Å². The molecule has 0 aromatic heterocycles. The van der Waals surface area contributed by atoms with Crippen LogP contribution in [0.25, 0.3) is 32.3 Å². The number of nitrogens with one attached hydrogen (secondary N) is 1. The highest BCUT2D eigenvalue weighted by Gasteiger charge is 2.10. The van der Waals surface area contributed by atoms with Crippen molar-refractivity contribution in [1.82, 2.24) is 0 Å². The summed E-state index contributed by atoms with van der Waals surface area (Å²) in [7, 11) is 0.695. The lowest BCUT2D eigenvalue weighted by atomic mass is 9.91. The van der Waals surface area contributed by atoms with E-state index >= 15 is 0 Å². The monoisotopic (exact) mass is 274 g/mol. The summed E-state index contributed by atoms with van der Waals surface area (Å²) in [5.41, 5.74) is 1.12. The molecule has 0 saturated carbocycles. The lowest BCUT2D eigenvalue weighted by molar-refractivity contribution is 0.184.